The van der Waals surface area contributed by atoms with E-state index in [0.29, 0.717) is 6.54 Å². The van der Waals surface area contributed by atoms with Crippen LogP contribution in [0.15, 0.2) is 46.9 Å². The number of hydrogen-bond acceptors (Lipinski definition) is 4. The molecule has 0 spiro atoms. The molecule has 4 nitrogen and oxygen atoms in total. The maximum absolute atomic E-state index is 8.73. The summed E-state index contributed by atoms with van der Waals surface area (Å²) in [5.41, 5.74) is 7.42. The largest absolute Gasteiger partial charge is 0.409 e. The summed E-state index contributed by atoms with van der Waals surface area (Å²) in [5, 5.41) is 17.2. The summed E-state index contributed by atoms with van der Waals surface area (Å²) in [7, 11) is 0. The molecule has 0 unspecified atom stereocenters. The third kappa shape index (κ3) is 3.09. The normalized spacial score (nSPS) is 11.7. The Kier molecular flexibility index (Phi) is 4.33. The molecular formula is C13H15N3OS. The molecule has 0 saturated carbocycles. The molecule has 5 heteroatoms. The molecule has 2 aromatic rings. The second-order valence-electron chi connectivity index (χ2n) is 3.83. The number of oxime groups is 1. The first kappa shape index (κ1) is 12.6. The smallest absolute Gasteiger partial charge is 0.170 e. The van der Waals surface area contributed by atoms with Gasteiger partial charge in [-0.15, -0.1) is 11.3 Å². The highest BCUT2D eigenvalue weighted by Gasteiger charge is 2.05. The number of nitrogens with zero attached hydrogens (tertiary/aromatic N) is 1. The number of amidine groups is 1. The summed E-state index contributed by atoms with van der Waals surface area (Å²) in [6, 6.07) is 11.7. The molecule has 0 radical (unpaired) electrons. The van der Waals surface area contributed by atoms with E-state index in [4.69, 9.17) is 10.9 Å². The van der Waals surface area contributed by atoms with Gasteiger partial charge in [0.1, 0.15) is 0 Å². The molecule has 4 N–H and O–H groups in total. The van der Waals surface area contributed by atoms with Crippen LogP contribution in [0.3, 0.4) is 0 Å². The van der Waals surface area contributed by atoms with Gasteiger partial charge in [0.2, 0.25) is 0 Å². The maximum Gasteiger partial charge on any atom is 0.170 e. The minimum atomic E-state index is 0.142. The number of thiophene rings is 1. The molecule has 1 heterocycles. The second-order valence-corrected chi connectivity index (χ2v) is 4.86. The number of nitrogens with two attached hydrogens (primary N) is 1. The van der Waals surface area contributed by atoms with Gasteiger partial charge in [0.05, 0.1) is 0 Å². The first-order chi connectivity index (χ1) is 8.81. The molecule has 0 aliphatic rings. The van der Waals surface area contributed by atoms with Crippen molar-refractivity contribution in [1.29, 1.82) is 0 Å². The molecule has 2 rings (SSSR count). The number of nitrogens with one attached hydrogen (secondary N) is 1. The summed E-state index contributed by atoms with van der Waals surface area (Å²) < 4.78 is 0. The van der Waals surface area contributed by atoms with Crippen molar-refractivity contribution in [1.82, 2.24) is 5.32 Å². The summed E-state index contributed by atoms with van der Waals surface area (Å²) in [6.45, 7) is 1.51. The summed E-state index contributed by atoms with van der Waals surface area (Å²) >= 11 is 1.72. The molecule has 0 aliphatic heterocycles. The van der Waals surface area contributed by atoms with E-state index in [1.54, 1.807) is 11.3 Å². The standard InChI is InChI=1S/C13H15N3OS/c14-13(16-17)12-6-2-1-4-10(12)8-15-9-11-5-3-7-18-11/h1-7,15,17H,8-9H2,(H2,14,16). The summed E-state index contributed by atoms with van der Waals surface area (Å²) in [6.07, 6.45) is 0. The minimum absolute atomic E-state index is 0.142. The van der Waals surface area contributed by atoms with Gasteiger partial charge in [0.15, 0.2) is 5.84 Å². The van der Waals surface area contributed by atoms with Gasteiger partial charge >= 0.3 is 0 Å². The van der Waals surface area contributed by atoms with Gasteiger partial charge in [0, 0.05) is 23.5 Å². The van der Waals surface area contributed by atoms with Crippen LogP contribution < -0.4 is 11.1 Å². The van der Waals surface area contributed by atoms with E-state index in [1.165, 1.54) is 4.88 Å². The van der Waals surface area contributed by atoms with E-state index in [-0.39, 0.29) is 5.84 Å². The molecular weight excluding hydrogens is 246 g/mol. The first-order valence-corrected chi connectivity index (χ1v) is 6.48. The number of rotatable bonds is 5. The van der Waals surface area contributed by atoms with E-state index < -0.39 is 0 Å². The van der Waals surface area contributed by atoms with Crippen molar-refractivity contribution in [3.05, 3.63) is 57.8 Å². The average molecular weight is 261 g/mol. The molecule has 0 saturated heterocycles. The summed E-state index contributed by atoms with van der Waals surface area (Å²) in [5.74, 6) is 0.142. The molecule has 0 aliphatic carbocycles. The van der Waals surface area contributed by atoms with Crippen LogP contribution in [0, 0.1) is 0 Å². The van der Waals surface area contributed by atoms with Gasteiger partial charge in [-0.2, -0.15) is 0 Å². The predicted molar refractivity (Wildman–Crippen MR) is 73.8 cm³/mol. The van der Waals surface area contributed by atoms with E-state index in [9.17, 15) is 0 Å². The lowest BCUT2D eigenvalue weighted by Crippen LogP contribution is -2.19. The van der Waals surface area contributed by atoms with Gasteiger partial charge in [-0.3, -0.25) is 0 Å². The van der Waals surface area contributed by atoms with Gasteiger partial charge in [-0.1, -0.05) is 35.5 Å². The SMILES string of the molecule is N/C(=N\O)c1ccccc1CNCc1cccs1. The van der Waals surface area contributed by atoms with Gasteiger partial charge in [0.25, 0.3) is 0 Å². The second kappa shape index (κ2) is 6.18. The van der Waals surface area contributed by atoms with Crippen molar-refractivity contribution >= 4 is 17.2 Å². The average Bonchev–Trinajstić information content (AvgIpc) is 2.92. The Hall–Kier alpha value is -1.85. The van der Waals surface area contributed by atoms with Crippen LogP contribution in [0.5, 0.6) is 0 Å². The first-order valence-electron chi connectivity index (χ1n) is 5.60. The molecule has 0 atom stereocenters. The Morgan fingerprint density at radius 3 is 2.78 bits per heavy atom. The number of hydrogen-bond donors (Lipinski definition) is 3. The Morgan fingerprint density at radius 1 is 1.22 bits per heavy atom. The van der Waals surface area contributed by atoms with Crippen LogP contribution in [0.2, 0.25) is 0 Å². The van der Waals surface area contributed by atoms with Crippen molar-refractivity contribution in [3.8, 4) is 0 Å². The highest BCUT2D eigenvalue weighted by molar-refractivity contribution is 7.09. The van der Waals surface area contributed by atoms with E-state index in [2.05, 4.69) is 21.9 Å². The molecule has 0 amide bonds. The molecule has 1 aromatic carbocycles. The van der Waals surface area contributed by atoms with Gasteiger partial charge < -0.3 is 16.3 Å². The van der Waals surface area contributed by atoms with E-state index in [0.717, 1.165) is 17.7 Å². The van der Waals surface area contributed by atoms with Crippen LogP contribution in [-0.4, -0.2) is 11.0 Å². The van der Waals surface area contributed by atoms with E-state index in [1.807, 2.05) is 30.3 Å². The lowest BCUT2D eigenvalue weighted by Gasteiger charge is -2.08. The van der Waals surface area contributed by atoms with Crippen molar-refractivity contribution in [2.24, 2.45) is 10.9 Å². The van der Waals surface area contributed by atoms with Crippen LogP contribution >= 0.6 is 11.3 Å². The van der Waals surface area contributed by atoms with Crippen molar-refractivity contribution in [3.63, 3.8) is 0 Å². The predicted octanol–water partition coefficient (Wildman–Crippen LogP) is 2.13. The fraction of sp³-hybridized carbons (Fsp3) is 0.154. The zero-order valence-electron chi connectivity index (χ0n) is 9.84. The summed E-state index contributed by atoms with van der Waals surface area (Å²) in [4.78, 5) is 1.29. The van der Waals surface area contributed by atoms with Crippen LogP contribution in [0.4, 0.5) is 0 Å². The van der Waals surface area contributed by atoms with E-state index >= 15 is 0 Å². The fourth-order valence-corrected chi connectivity index (χ4v) is 2.39. The zero-order valence-corrected chi connectivity index (χ0v) is 10.7. The Morgan fingerprint density at radius 2 is 2.06 bits per heavy atom. The third-order valence-corrected chi connectivity index (χ3v) is 3.47. The van der Waals surface area contributed by atoms with Gasteiger partial charge in [-0.25, -0.2) is 0 Å². The molecule has 94 valence electrons. The van der Waals surface area contributed by atoms with Crippen LogP contribution in [0.1, 0.15) is 16.0 Å². The minimum Gasteiger partial charge on any atom is -0.409 e. The lowest BCUT2D eigenvalue weighted by atomic mass is 10.1. The molecule has 1 aromatic heterocycles. The lowest BCUT2D eigenvalue weighted by molar-refractivity contribution is 0.318. The molecule has 0 bridgehead atoms. The Balaban J connectivity index is 2.01. The topological polar surface area (TPSA) is 70.6 Å². The zero-order chi connectivity index (χ0) is 12.8. The van der Waals surface area contributed by atoms with Crippen molar-refractivity contribution in [2.45, 2.75) is 13.1 Å². The number of benzene rings is 1. The maximum atomic E-state index is 8.73. The van der Waals surface area contributed by atoms with Crippen LogP contribution in [0.25, 0.3) is 0 Å². The van der Waals surface area contributed by atoms with Crippen molar-refractivity contribution < 1.29 is 5.21 Å². The Labute approximate surface area is 110 Å². The van der Waals surface area contributed by atoms with Crippen LogP contribution in [-0.2, 0) is 13.1 Å². The Bertz CT molecular complexity index is 523. The molecule has 18 heavy (non-hydrogen) atoms. The monoisotopic (exact) mass is 261 g/mol. The third-order valence-electron chi connectivity index (χ3n) is 2.60. The quantitative estimate of drug-likeness (QED) is 0.334. The fourth-order valence-electron chi connectivity index (χ4n) is 1.71. The highest BCUT2D eigenvalue weighted by atomic mass is 32.1. The van der Waals surface area contributed by atoms with Gasteiger partial charge in [-0.05, 0) is 17.0 Å². The highest BCUT2D eigenvalue weighted by Crippen LogP contribution is 2.10. The van der Waals surface area contributed by atoms with Crippen molar-refractivity contribution in [2.75, 3.05) is 0 Å². The molecule has 0 fully saturated rings.